The molecule has 3 heteroatoms. The minimum Gasteiger partial charge on any atom is -0.349 e. The molecule has 2 nitrogen and oxygen atoms in total. The summed E-state index contributed by atoms with van der Waals surface area (Å²) in [4.78, 5) is 12.0. The molecular formula is C18H21NOS. The first-order valence-electron chi connectivity index (χ1n) is 7.13. The van der Waals surface area contributed by atoms with Crippen molar-refractivity contribution in [1.29, 1.82) is 0 Å². The number of carbonyl (C=O) groups is 1. The van der Waals surface area contributed by atoms with Crippen molar-refractivity contribution in [2.75, 3.05) is 5.75 Å². The van der Waals surface area contributed by atoms with Gasteiger partial charge in [0.1, 0.15) is 0 Å². The predicted octanol–water partition coefficient (Wildman–Crippen LogP) is 4.11. The van der Waals surface area contributed by atoms with E-state index < -0.39 is 0 Å². The lowest BCUT2D eigenvalue weighted by Gasteiger charge is -2.14. The molecule has 0 aliphatic rings. The van der Waals surface area contributed by atoms with Crippen LogP contribution in [0.4, 0.5) is 0 Å². The number of carbonyl (C=O) groups excluding carboxylic acids is 1. The van der Waals surface area contributed by atoms with Crippen LogP contribution in [-0.2, 0) is 10.5 Å². The van der Waals surface area contributed by atoms with E-state index in [4.69, 9.17) is 0 Å². The zero-order chi connectivity index (χ0) is 15.1. The SMILES string of the molecule is Cc1ccccc1CSCC(=O)N[C@@H](C)c1ccccc1. The van der Waals surface area contributed by atoms with E-state index in [1.165, 1.54) is 11.1 Å². The van der Waals surface area contributed by atoms with Gasteiger partial charge in [0.25, 0.3) is 0 Å². The molecule has 0 saturated carbocycles. The first-order chi connectivity index (χ1) is 10.2. The Morgan fingerprint density at radius 2 is 1.76 bits per heavy atom. The quantitative estimate of drug-likeness (QED) is 0.870. The maximum atomic E-state index is 12.0. The predicted molar refractivity (Wildman–Crippen MR) is 90.3 cm³/mol. The number of aryl methyl sites for hydroxylation is 1. The highest BCUT2D eigenvalue weighted by atomic mass is 32.2. The van der Waals surface area contributed by atoms with Crippen LogP contribution in [-0.4, -0.2) is 11.7 Å². The third kappa shape index (κ3) is 4.94. The van der Waals surface area contributed by atoms with Crippen LogP contribution < -0.4 is 5.32 Å². The molecule has 1 amide bonds. The molecule has 0 aliphatic carbocycles. The van der Waals surface area contributed by atoms with Crippen molar-refractivity contribution < 1.29 is 4.79 Å². The Bertz CT molecular complexity index is 583. The molecule has 21 heavy (non-hydrogen) atoms. The molecule has 0 heterocycles. The molecule has 0 radical (unpaired) electrons. The van der Waals surface area contributed by atoms with Crippen molar-refractivity contribution in [1.82, 2.24) is 5.32 Å². The summed E-state index contributed by atoms with van der Waals surface area (Å²) in [5, 5.41) is 3.04. The monoisotopic (exact) mass is 299 g/mol. The number of benzene rings is 2. The normalized spacial score (nSPS) is 11.9. The van der Waals surface area contributed by atoms with Gasteiger partial charge in [-0.25, -0.2) is 0 Å². The topological polar surface area (TPSA) is 29.1 Å². The van der Waals surface area contributed by atoms with Crippen LogP contribution >= 0.6 is 11.8 Å². The molecular weight excluding hydrogens is 278 g/mol. The van der Waals surface area contributed by atoms with Gasteiger partial charge in [-0.1, -0.05) is 54.6 Å². The van der Waals surface area contributed by atoms with Crippen LogP contribution in [0.15, 0.2) is 54.6 Å². The van der Waals surface area contributed by atoms with Crippen LogP contribution in [0.2, 0.25) is 0 Å². The third-order valence-electron chi connectivity index (χ3n) is 3.43. The number of nitrogens with one attached hydrogen (secondary N) is 1. The van der Waals surface area contributed by atoms with Gasteiger partial charge in [0.05, 0.1) is 11.8 Å². The minimum absolute atomic E-state index is 0.0535. The Balaban J connectivity index is 1.76. The molecule has 0 aromatic heterocycles. The molecule has 2 aromatic carbocycles. The van der Waals surface area contributed by atoms with Crippen LogP contribution in [0.25, 0.3) is 0 Å². The highest BCUT2D eigenvalue weighted by Crippen LogP contribution is 2.16. The van der Waals surface area contributed by atoms with Crippen molar-refractivity contribution in [2.45, 2.75) is 25.6 Å². The first kappa shape index (κ1) is 15.6. The molecule has 0 bridgehead atoms. The molecule has 0 aliphatic heterocycles. The van der Waals surface area contributed by atoms with Crippen molar-refractivity contribution in [3.63, 3.8) is 0 Å². The molecule has 2 rings (SSSR count). The Morgan fingerprint density at radius 1 is 1.10 bits per heavy atom. The smallest absolute Gasteiger partial charge is 0.230 e. The minimum atomic E-state index is 0.0535. The van der Waals surface area contributed by atoms with Gasteiger partial charge < -0.3 is 5.32 Å². The average molecular weight is 299 g/mol. The molecule has 0 unspecified atom stereocenters. The zero-order valence-electron chi connectivity index (χ0n) is 12.5. The van der Waals surface area contributed by atoms with E-state index in [2.05, 4.69) is 24.4 Å². The van der Waals surface area contributed by atoms with Crippen LogP contribution in [0.3, 0.4) is 0 Å². The molecule has 1 N–H and O–H groups in total. The summed E-state index contributed by atoms with van der Waals surface area (Å²) in [6, 6.07) is 18.4. The lowest BCUT2D eigenvalue weighted by Crippen LogP contribution is -2.28. The van der Waals surface area contributed by atoms with E-state index in [9.17, 15) is 4.79 Å². The summed E-state index contributed by atoms with van der Waals surface area (Å²) in [5.41, 5.74) is 3.71. The van der Waals surface area contributed by atoms with Gasteiger partial charge in [0.2, 0.25) is 5.91 Å². The molecule has 2 aromatic rings. The van der Waals surface area contributed by atoms with E-state index in [-0.39, 0.29) is 11.9 Å². The fraction of sp³-hybridized carbons (Fsp3) is 0.278. The standard InChI is InChI=1S/C18H21NOS/c1-14-8-6-7-11-17(14)12-21-13-18(20)19-15(2)16-9-4-3-5-10-16/h3-11,15H,12-13H2,1-2H3,(H,19,20)/t15-/m0/s1. The van der Waals surface area contributed by atoms with Crippen LogP contribution in [0.5, 0.6) is 0 Å². The van der Waals surface area contributed by atoms with Crippen LogP contribution in [0, 0.1) is 6.92 Å². The van der Waals surface area contributed by atoms with Gasteiger partial charge >= 0.3 is 0 Å². The van der Waals surface area contributed by atoms with Crippen molar-refractivity contribution in [3.8, 4) is 0 Å². The Hall–Kier alpha value is -1.74. The van der Waals surface area contributed by atoms with E-state index in [1.54, 1.807) is 11.8 Å². The second kappa shape index (κ2) is 7.89. The van der Waals surface area contributed by atoms with Gasteiger partial charge in [-0.15, -0.1) is 11.8 Å². The largest absolute Gasteiger partial charge is 0.349 e. The summed E-state index contributed by atoms with van der Waals surface area (Å²) in [5.74, 6) is 1.45. The molecule has 1 atom stereocenters. The summed E-state index contributed by atoms with van der Waals surface area (Å²) in [7, 11) is 0. The Morgan fingerprint density at radius 3 is 2.48 bits per heavy atom. The lowest BCUT2D eigenvalue weighted by molar-refractivity contribution is -0.119. The average Bonchev–Trinajstić information content (AvgIpc) is 2.50. The maximum absolute atomic E-state index is 12.0. The highest BCUT2D eigenvalue weighted by molar-refractivity contribution is 7.99. The Kier molecular flexibility index (Phi) is 5.88. The lowest BCUT2D eigenvalue weighted by atomic mass is 10.1. The summed E-state index contributed by atoms with van der Waals surface area (Å²) >= 11 is 1.65. The fourth-order valence-corrected chi connectivity index (χ4v) is 3.05. The molecule has 0 saturated heterocycles. The number of hydrogen-bond acceptors (Lipinski definition) is 2. The summed E-state index contributed by atoms with van der Waals surface area (Å²) < 4.78 is 0. The van der Waals surface area contributed by atoms with Crippen LogP contribution in [0.1, 0.15) is 29.7 Å². The summed E-state index contributed by atoms with van der Waals surface area (Å²) in [6.45, 7) is 4.12. The van der Waals surface area contributed by atoms with Gasteiger partial charge in [-0.3, -0.25) is 4.79 Å². The van der Waals surface area contributed by atoms with E-state index in [1.807, 2.05) is 49.4 Å². The fourth-order valence-electron chi connectivity index (χ4n) is 2.13. The van der Waals surface area contributed by atoms with Gasteiger partial charge in [-0.2, -0.15) is 0 Å². The van der Waals surface area contributed by atoms with Gasteiger partial charge in [0.15, 0.2) is 0 Å². The second-order valence-electron chi connectivity index (χ2n) is 5.12. The maximum Gasteiger partial charge on any atom is 0.230 e. The Labute approximate surface area is 131 Å². The number of rotatable bonds is 6. The third-order valence-corrected chi connectivity index (χ3v) is 4.41. The zero-order valence-corrected chi connectivity index (χ0v) is 13.3. The second-order valence-corrected chi connectivity index (χ2v) is 6.10. The summed E-state index contributed by atoms with van der Waals surface area (Å²) in [6.07, 6.45) is 0. The van der Waals surface area contributed by atoms with Gasteiger partial charge in [0, 0.05) is 5.75 Å². The molecule has 0 fully saturated rings. The van der Waals surface area contributed by atoms with Crippen molar-refractivity contribution in [3.05, 3.63) is 71.3 Å². The number of thioether (sulfide) groups is 1. The van der Waals surface area contributed by atoms with Crippen molar-refractivity contribution >= 4 is 17.7 Å². The van der Waals surface area contributed by atoms with Gasteiger partial charge in [-0.05, 0) is 30.5 Å². The van der Waals surface area contributed by atoms with E-state index in [0.29, 0.717) is 5.75 Å². The number of hydrogen-bond donors (Lipinski definition) is 1. The highest BCUT2D eigenvalue weighted by Gasteiger charge is 2.09. The van der Waals surface area contributed by atoms with E-state index >= 15 is 0 Å². The van der Waals surface area contributed by atoms with E-state index in [0.717, 1.165) is 11.3 Å². The first-order valence-corrected chi connectivity index (χ1v) is 8.29. The molecule has 0 spiro atoms. The van der Waals surface area contributed by atoms with Crippen molar-refractivity contribution in [2.24, 2.45) is 0 Å². The number of amides is 1. The molecule has 110 valence electrons.